The average molecular weight is 284 g/mol. The van der Waals surface area contributed by atoms with Gasteiger partial charge in [0.05, 0.1) is 0 Å². The van der Waals surface area contributed by atoms with Gasteiger partial charge in [-0.15, -0.1) is 0 Å². The fourth-order valence-corrected chi connectivity index (χ4v) is 2.24. The first-order valence-corrected chi connectivity index (χ1v) is 7.56. The molecular formula is C17H24N4. The number of nitrogens with one attached hydrogen (secondary N) is 1. The summed E-state index contributed by atoms with van der Waals surface area (Å²) in [7, 11) is 1.94. The molecule has 2 rings (SSSR count). The smallest absolute Gasteiger partial charge is 0.230 e. The average Bonchev–Trinajstić information content (AvgIpc) is 2.51. The Balaban J connectivity index is 2.30. The van der Waals surface area contributed by atoms with E-state index in [1.165, 1.54) is 0 Å². The summed E-state index contributed by atoms with van der Waals surface area (Å²) in [6, 6.07) is 10.3. The molecule has 2 aromatic rings. The lowest BCUT2D eigenvalue weighted by molar-refractivity contribution is 0.759. The van der Waals surface area contributed by atoms with Gasteiger partial charge in [-0.2, -0.15) is 0 Å². The van der Waals surface area contributed by atoms with E-state index >= 15 is 0 Å². The van der Waals surface area contributed by atoms with Crippen LogP contribution in [0.15, 0.2) is 36.5 Å². The van der Waals surface area contributed by atoms with Crippen LogP contribution in [0.5, 0.6) is 0 Å². The van der Waals surface area contributed by atoms with Crippen LogP contribution in [0, 0.1) is 6.92 Å². The van der Waals surface area contributed by atoms with Crippen molar-refractivity contribution in [2.24, 2.45) is 0 Å². The van der Waals surface area contributed by atoms with E-state index in [1.54, 1.807) is 0 Å². The van der Waals surface area contributed by atoms with Crippen LogP contribution in [0.3, 0.4) is 0 Å². The second-order valence-corrected chi connectivity index (χ2v) is 5.15. The lowest BCUT2D eigenvalue weighted by atomic mass is 10.2. The van der Waals surface area contributed by atoms with Crippen molar-refractivity contribution in [2.75, 3.05) is 18.5 Å². The number of rotatable bonds is 7. The molecule has 1 heterocycles. The van der Waals surface area contributed by atoms with Gasteiger partial charge in [0.15, 0.2) is 0 Å². The Morgan fingerprint density at radius 2 is 1.95 bits per heavy atom. The molecule has 0 saturated heterocycles. The van der Waals surface area contributed by atoms with Gasteiger partial charge in [-0.3, -0.25) is 0 Å². The van der Waals surface area contributed by atoms with Gasteiger partial charge >= 0.3 is 0 Å². The number of nitrogens with zero attached hydrogens (tertiary/aromatic N) is 3. The number of aromatic nitrogens is 2. The van der Waals surface area contributed by atoms with Gasteiger partial charge in [-0.25, -0.2) is 9.97 Å². The van der Waals surface area contributed by atoms with Crippen LogP contribution in [-0.2, 0) is 6.54 Å². The summed E-state index contributed by atoms with van der Waals surface area (Å²) in [5.41, 5.74) is 3.32. The van der Waals surface area contributed by atoms with Crippen molar-refractivity contribution in [2.45, 2.75) is 33.2 Å². The van der Waals surface area contributed by atoms with Crippen molar-refractivity contribution in [1.29, 1.82) is 0 Å². The standard InChI is InChI=1S/C17H24N4/c1-4-5-11-21(16-9-7-6-8-10-16)17-19-13-15(12-18-3)14(2)20-17/h6-10,13,18H,4-5,11-12H2,1-3H3. The first kappa shape index (κ1) is 15.4. The van der Waals surface area contributed by atoms with E-state index < -0.39 is 0 Å². The number of anilines is 2. The van der Waals surface area contributed by atoms with Gasteiger partial charge in [0, 0.05) is 36.2 Å². The van der Waals surface area contributed by atoms with Crippen LogP contribution < -0.4 is 10.2 Å². The fraction of sp³-hybridized carbons (Fsp3) is 0.412. The molecule has 4 nitrogen and oxygen atoms in total. The van der Waals surface area contributed by atoms with Crippen LogP contribution in [0.25, 0.3) is 0 Å². The molecule has 112 valence electrons. The number of aryl methyl sites for hydroxylation is 1. The summed E-state index contributed by atoms with van der Waals surface area (Å²) in [5.74, 6) is 0.784. The molecule has 0 aliphatic rings. The molecule has 1 N–H and O–H groups in total. The number of unbranched alkanes of at least 4 members (excludes halogenated alkanes) is 1. The summed E-state index contributed by atoms with van der Waals surface area (Å²) in [4.78, 5) is 11.5. The highest BCUT2D eigenvalue weighted by molar-refractivity contribution is 5.57. The minimum Gasteiger partial charge on any atom is -0.316 e. The minimum atomic E-state index is 0.784. The molecule has 21 heavy (non-hydrogen) atoms. The Morgan fingerprint density at radius 3 is 2.57 bits per heavy atom. The molecule has 0 aliphatic heterocycles. The van der Waals surface area contributed by atoms with Crippen molar-refractivity contribution < 1.29 is 0 Å². The van der Waals surface area contributed by atoms with E-state index in [1.807, 2.05) is 26.2 Å². The monoisotopic (exact) mass is 284 g/mol. The molecule has 0 saturated carbocycles. The molecular weight excluding hydrogens is 260 g/mol. The number of hydrogen-bond donors (Lipinski definition) is 1. The van der Waals surface area contributed by atoms with Gasteiger partial charge in [-0.05, 0) is 32.5 Å². The highest BCUT2D eigenvalue weighted by Gasteiger charge is 2.12. The lowest BCUT2D eigenvalue weighted by Gasteiger charge is -2.23. The van der Waals surface area contributed by atoms with E-state index in [0.717, 1.165) is 48.8 Å². The van der Waals surface area contributed by atoms with Crippen molar-refractivity contribution >= 4 is 11.6 Å². The van der Waals surface area contributed by atoms with Crippen LogP contribution in [0.1, 0.15) is 31.0 Å². The van der Waals surface area contributed by atoms with E-state index in [9.17, 15) is 0 Å². The van der Waals surface area contributed by atoms with E-state index in [4.69, 9.17) is 4.98 Å². The highest BCUT2D eigenvalue weighted by Crippen LogP contribution is 2.23. The van der Waals surface area contributed by atoms with E-state index in [0.29, 0.717) is 0 Å². The summed E-state index contributed by atoms with van der Waals surface area (Å²) in [6.07, 6.45) is 4.20. The zero-order chi connectivity index (χ0) is 15.1. The van der Waals surface area contributed by atoms with Crippen molar-refractivity contribution in [3.8, 4) is 0 Å². The second kappa shape index (κ2) is 7.74. The summed E-state index contributed by atoms with van der Waals surface area (Å²) in [5, 5.41) is 3.15. The molecule has 0 atom stereocenters. The Morgan fingerprint density at radius 1 is 1.19 bits per heavy atom. The fourth-order valence-electron chi connectivity index (χ4n) is 2.24. The topological polar surface area (TPSA) is 41.1 Å². The molecule has 0 amide bonds. The number of benzene rings is 1. The van der Waals surface area contributed by atoms with Crippen LogP contribution in [0.4, 0.5) is 11.6 Å². The van der Waals surface area contributed by atoms with E-state index in [-0.39, 0.29) is 0 Å². The summed E-state index contributed by atoms with van der Waals surface area (Å²) in [6.45, 7) is 5.98. The molecule has 0 spiro atoms. The Hall–Kier alpha value is -1.94. The van der Waals surface area contributed by atoms with Gasteiger partial charge in [0.25, 0.3) is 0 Å². The minimum absolute atomic E-state index is 0.784. The highest BCUT2D eigenvalue weighted by atomic mass is 15.3. The molecule has 0 bridgehead atoms. The summed E-state index contributed by atoms with van der Waals surface area (Å²) < 4.78 is 0. The number of hydrogen-bond acceptors (Lipinski definition) is 4. The van der Waals surface area contributed by atoms with Crippen LogP contribution in [0.2, 0.25) is 0 Å². The van der Waals surface area contributed by atoms with Crippen molar-refractivity contribution in [3.05, 3.63) is 47.8 Å². The van der Waals surface area contributed by atoms with Gasteiger partial charge in [0.2, 0.25) is 5.95 Å². The quantitative estimate of drug-likeness (QED) is 0.845. The normalized spacial score (nSPS) is 10.6. The maximum absolute atomic E-state index is 4.70. The SMILES string of the molecule is CCCCN(c1ccccc1)c1ncc(CNC)c(C)n1. The maximum atomic E-state index is 4.70. The predicted molar refractivity (Wildman–Crippen MR) is 87.9 cm³/mol. The maximum Gasteiger partial charge on any atom is 0.230 e. The lowest BCUT2D eigenvalue weighted by Crippen LogP contribution is -2.21. The van der Waals surface area contributed by atoms with Gasteiger partial charge in [0.1, 0.15) is 0 Å². The molecule has 0 aliphatic carbocycles. The molecule has 0 fully saturated rings. The molecule has 4 heteroatoms. The first-order chi connectivity index (χ1) is 10.3. The third kappa shape index (κ3) is 4.02. The van der Waals surface area contributed by atoms with Gasteiger partial charge in [-0.1, -0.05) is 31.5 Å². The third-order valence-corrected chi connectivity index (χ3v) is 3.48. The second-order valence-electron chi connectivity index (χ2n) is 5.15. The molecule has 0 unspecified atom stereocenters. The third-order valence-electron chi connectivity index (χ3n) is 3.48. The Labute approximate surface area is 127 Å². The van der Waals surface area contributed by atoms with Crippen molar-refractivity contribution in [3.63, 3.8) is 0 Å². The first-order valence-electron chi connectivity index (χ1n) is 7.56. The Bertz CT molecular complexity index is 554. The molecule has 1 aromatic carbocycles. The van der Waals surface area contributed by atoms with Crippen LogP contribution >= 0.6 is 0 Å². The summed E-state index contributed by atoms with van der Waals surface area (Å²) >= 11 is 0. The zero-order valence-electron chi connectivity index (χ0n) is 13.1. The molecule has 1 aromatic heterocycles. The van der Waals surface area contributed by atoms with Crippen molar-refractivity contribution in [1.82, 2.24) is 15.3 Å². The van der Waals surface area contributed by atoms with Gasteiger partial charge < -0.3 is 10.2 Å². The molecule has 0 radical (unpaired) electrons. The number of para-hydroxylation sites is 1. The van der Waals surface area contributed by atoms with Crippen LogP contribution in [-0.4, -0.2) is 23.6 Å². The zero-order valence-corrected chi connectivity index (χ0v) is 13.1. The largest absolute Gasteiger partial charge is 0.316 e. The predicted octanol–water partition coefficient (Wildman–Crippen LogP) is 3.44. The Kier molecular flexibility index (Phi) is 5.69. The van der Waals surface area contributed by atoms with E-state index in [2.05, 4.69) is 46.4 Å².